The van der Waals surface area contributed by atoms with E-state index in [2.05, 4.69) is 0 Å². The SMILES string of the molecule is COc1ccc(C2SCCN2S(=O)(=O)c2ccc(C)cc2)cc1N(O)O.[HH]. The van der Waals surface area contributed by atoms with Gasteiger partial charge in [-0.1, -0.05) is 23.8 Å². The van der Waals surface area contributed by atoms with Gasteiger partial charge in [-0.3, -0.25) is 10.4 Å². The number of hydrogen-bond acceptors (Lipinski definition) is 7. The molecule has 0 saturated carbocycles. The summed E-state index contributed by atoms with van der Waals surface area (Å²) in [7, 11) is -2.24. The number of anilines is 1. The van der Waals surface area contributed by atoms with Gasteiger partial charge in [-0.05, 0) is 36.8 Å². The molecular formula is C17H22N2O5S2. The molecule has 1 aliphatic heterocycles. The average molecular weight is 399 g/mol. The highest BCUT2D eigenvalue weighted by molar-refractivity contribution is 8.01. The molecule has 2 N–H and O–H groups in total. The number of thioether (sulfide) groups is 1. The van der Waals surface area contributed by atoms with Crippen LogP contribution in [0.4, 0.5) is 5.69 Å². The maximum absolute atomic E-state index is 13.1. The van der Waals surface area contributed by atoms with Crippen molar-refractivity contribution in [2.75, 3.05) is 24.6 Å². The van der Waals surface area contributed by atoms with Crippen molar-refractivity contribution in [3.63, 3.8) is 0 Å². The molecule has 142 valence electrons. The van der Waals surface area contributed by atoms with Crippen LogP contribution >= 0.6 is 11.8 Å². The van der Waals surface area contributed by atoms with Gasteiger partial charge in [0.15, 0.2) is 0 Å². The molecule has 0 aromatic heterocycles. The van der Waals surface area contributed by atoms with Crippen molar-refractivity contribution < 1.29 is 25.0 Å². The van der Waals surface area contributed by atoms with E-state index >= 15 is 0 Å². The quantitative estimate of drug-likeness (QED) is 0.747. The number of aryl methyl sites for hydroxylation is 1. The van der Waals surface area contributed by atoms with Gasteiger partial charge in [0.25, 0.3) is 0 Å². The van der Waals surface area contributed by atoms with E-state index in [-0.39, 0.29) is 23.0 Å². The van der Waals surface area contributed by atoms with E-state index in [0.717, 1.165) is 5.56 Å². The molecule has 1 unspecified atom stereocenters. The minimum Gasteiger partial charge on any atom is -0.494 e. The number of hydrogen-bond donors (Lipinski definition) is 2. The third-order valence-corrected chi connectivity index (χ3v) is 7.45. The Bertz CT molecular complexity index is 891. The van der Waals surface area contributed by atoms with Crippen LogP contribution in [0.2, 0.25) is 0 Å². The smallest absolute Gasteiger partial charge is 0.244 e. The van der Waals surface area contributed by atoms with Gasteiger partial charge < -0.3 is 4.74 Å². The summed E-state index contributed by atoms with van der Waals surface area (Å²) in [5, 5.41) is 18.3. The van der Waals surface area contributed by atoms with Crippen molar-refractivity contribution in [2.45, 2.75) is 17.2 Å². The number of ether oxygens (including phenoxy) is 1. The van der Waals surface area contributed by atoms with Crippen LogP contribution in [0.1, 0.15) is 17.9 Å². The van der Waals surface area contributed by atoms with E-state index in [0.29, 0.717) is 17.9 Å². The molecule has 0 amide bonds. The fourth-order valence-corrected chi connectivity index (χ4v) is 6.06. The van der Waals surface area contributed by atoms with E-state index in [4.69, 9.17) is 4.74 Å². The Morgan fingerprint density at radius 2 is 1.92 bits per heavy atom. The van der Waals surface area contributed by atoms with Crippen LogP contribution in [0.25, 0.3) is 0 Å². The first-order valence-electron chi connectivity index (χ1n) is 7.90. The van der Waals surface area contributed by atoms with E-state index < -0.39 is 15.4 Å². The van der Waals surface area contributed by atoms with Crippen LogP contribution < -0.4 is 9.96 Å². The summed E-state index contributed by atoms with van der Waals surface area (Å²) in [6.07, 6.45) is 0. The molecule has 0 radical (unpaired) electrons. The average Bonchev–Trinajstić information content (AvgIpc) is 3.12. The zero-order valence-corrected chi connectivity index (χ0v) is 16.0. The lowest BCUT2D eigenvalue weighted by Crippen LogP contribution is -2.30. The number of nitrogens with zero attached hydrogens (tertiary/aromatic N) is 2. The standard InChI is InChI=1S/C17H20N2O5S2.H2/c1-12-3-6-14(7-4-12)26(22,23)18-9-10-25-17(18)13-5-8-16(24-2)15(11-13)19(20)21;/h3-8,11,17,20-21H,9-10H2,1-2H3;1H. The van der Waals surface area contributed by atoms with Crippen LogP contribution in [0.5, 0.6) is 5.75 Å². The normalized spacial score (nSPS) is 18.1. The van der Waals surface area contributed by atoms with Gasteiger partial charge in [0, 0.05) is 13.7 Å². The Kier molecular flexibility index (Phi) is 5.44. The molecule has 0 bridgehead atoms. The minimum atomic E-state index is -3.66. The predicted octanol–water partition coefficient (Wildman–Crippen LogP) is 3.27. The van der Waals surface area contributed by atoms with Crippen LogP contribution in [0, 0.1) is 6.92 Å². The van der Waals surface area contributed by atoms with Gasteiger partial charge in [-0.15, -0.1) is 17.0 Å². The molecule has 0 aliphatic carbocycles. The van der Waals surface area contributed by atoms with Crippen molar-refractivity contribution in [3.05, 3.63) is 53.6 Å². The van der Waals surface area contributed by atoms with Crippen LogP contribution in [0.3, 0.4) is 0 Å². The number of benzene rings is 2. The molecule has 1 fully saturated rings. The molecule has 7 nitrogen and oxygen atoms in total. The van der Waals surface area contributed by atoms with Crippen molar-refractivity contribution in [1.82, 2.24) is 4.31 Å². The number of rotatable bonds is 5. The largest absolute Gasteiger partial charge is 0.494 e. The van der Waals surface area contributed by atoms with Gasteiger partial charge in [-0.2, -0.15) is 4.31 Å². The van der Waals surface area contributed by atoms with Gasteiger partial charge in [0.05, 0.1) is 17.4 Å². The Balaban J connectivity index is 0.00000261. The lowest BCUT2D eigenvalue weighted by atomic mass is 10.2. The summed E-state index contributed by atoms with van der Waals surface area (Å²) >= 11 is 1.49. The lowest BCUT2D eigenvalue weighted by Gasteiger charge is -2.24. The minimum absolute atomic E-state index is 0. The van der Waals surface area contributed by atoms with Crippen molar-refractivity contribution in [1.29, 1.82) is 0 Å². The molecule has 1 atom stereocenters. The lowest BCUT2D eigenvalue weighted by molar-refractivity contribution is 0.0278. The summed E-state index contributed by atoms with van der Waals surface area (Å²) in [4.78, 5) is 0.246. The first kappa shape index (κ1) is 19.0. The van der Waals surface area contributed by atoms with Gasteiger partial charge in [0.2, 0.25) is 10.0 Å². The summed E-state index contributed by atoms with van der Waals surface area (Å²) in [6, 6.07) is 11.6. The fourth-order valence-electron chi connectivity index (χ4n) is 2.83. The van der Waals surface area contributed by atoms with Gasteiger partial charge in [0.1, 0.15) is 11.4 Å². The van der Waals surface area contributed by atoms with Crippen molar-refractivity contribution >= 4 is 27.5 Å². The molecule has 3 rings (SSSR count). The number of methoxy groups -OCH3 is 1. The fraction of sp³-hybridized carbons (Fsp3) is 0.294. The molecular weight excluding hydrogens is 376 g/mol. The van der Waals surface area contributed by atoms with E-state index in [9.17, 15) is 18.8 Å². The van der Waals surface area contributed by atoms with Crippen molar-refractivity contribution in [2.24, 2.45) is 0 Å². The summed E-state index contributed by atoms with van der Waals surface area (Å²) in [5.74, 6) is 0.925. The third-order valence-electron chi connectivity index (χ3n) is 4.18. The molecule has 26 heavy (non-hydrogen) atoms. The van der Waals surface area contributed by atoms with E-state index in [1.54, 1.807) is 36.4 Å². The highest BCUT2D eigenvalue weighted by Crippen LogP contribution is 2.43. The highest BCUT2D eigenvalue weighted by Gasteiger charge is 2.37. The van der Waals surface area contributed by atoms with E-state index in [1.807, 2.05) is 6.92 Å². The molecule has 1 aliphatic rings. The summed E-state index contributed by atoms with van der Waals surface area (Å²) in [6.45, 7) is 2.29. The van der Waals surface area contributed by atoms with Crippen LogP contribution in [0.15, 0.2) is 47.4 Å². The third kappa shape index (κ3) is 3.53. The van der Waals surface area contributed by atoms with Crippen LogP contribution in [-0.2, 0) is 10.0 Å². The molecule has 1 saturated heterocycles. The maximum Gasteiger partial charge on any atom is 0.244 e. The molecule has 2 aromatic carbocycles. The highest BCUT2D eigenvalue weighted by atomic mass is 32.2. The van der Waals surface area contributed by atoms with Crippen molar-refractivity contribution in [3.8, 4) is 5.75 Å². The second-order valence-corrected chi connectivity index (χ2v) is 8.95. The number of sulfonamides is 1. The molecule has 0 spiro atoms. The Morgan fingerprint density at radius 1 is 1.23 bits per heavy atom. The topological polar surface area (TPSA) is 90.3 Å². The first-order valence-corrected chi connectivity index (χ1v) is 10.4. The predicted molar refractivity (Wildman–Crippen MR) is 101 cm³/mol. The zero-order chi connectivity index (χ0) is 18.9. The van der Waals surface area contributed by atoms with Crippen LogP contribution in [-0.4, -0.2) is 42.5 Å². The second kappa shape index (κ2) is 7.45. The van der Waals surface area contributed by atoms with E-state index in [1.165, 1.54) is 29.2 Å². The Labute approximate surface area is 158 Å². The Hall–Kier alpha value is -1.78. The van der Waals surface area contributed by atoms with Gasteiger partial charge >= 0.3 is 0 Å². The molecule has 1 heterocycles. The molecule has 2 aromatic rings. The summed E-state index contributed by atoms with van der Waals surface area (Å²) < 4.78 is 32.6. The van der Waals surface area contributed by atoms with Gasteiger partial charge in [-0.25, -0.2) is 8.42 Å². The Morgan fingerprint density at radius 3 is 2.54 bits per heavy atom. The maximum atomic E-state index is 13.1. The monoisotopic (exact) mass is 398 g/mol. The zero-order valence-electron chi connectivity index (χ0n) is 14.4. The second-order valence-electron chi connectivity index (χ2n) is 5.87. The molecule has 9 heteroatoms. The first-order chi connectivity index (χ1) is 12.3. The summed E-state index contributed by atoms with van der Waals surface area (Å²) in [5.41, 5.74) is 1.68.